The number of carboxylic acid groups (broad SMARTS) is 2. The van der Waals surface area contributed by atoms with Crippen molar-refractivity contribution in [2.45, 2.75) is 37.9 Å². The van der Waals surface area contributed by atoms with Gasteiger partial charge in [0.05, 0.1) is 26.1 Å². The molecule has 0 aliphatic rings. The molecule has 4 aromatic carbocycles. The molecule has 4 atom stereocenters. The Labute approximate surface area is 241 Å². The van der Waals surface area contributed by atoms with E-state index in [-0.39, 0.29) is 0 Å². The van der Waals surface area contributed by atoms with E-state index in [1.165, 1.54) is 13.8 Å². The molecular weight excluding hydrogens is 544 g/mol. The number of carboxylic acids is 2. The van der Waals surface area contributed by atoms with Gasteiger partial charge in [-0.2, -0.15) is 0 Å². The second-order valence-electron chi connectivity index (χ2n) is 9.78. The largest absolute Gasteiger partial charge is 0.497 e. The molecule has 0 amide bonds. The van der Waals surface area contributed by atoms with E-state index in [4.69, 9.17) is 18.9 Å². The summed E-state index contributed by atoms with van der Waals surface area (Å²) in [7, 11) is 3.10. The van der Waals surface area contributed by atoms with E-state index in [1.807, 2.05) is 24.3 Å². The molecule has 2 N–H and O–H groups in total. The van der Waals surface area contributed by atoms with Crippen LogP contribution in [-0.2, 0) is 28.7 Å². The standard InChI is InChI=1S/C32H30O10/c1-17(19-5-7-23-15-25(39-3)11-9-21(23)13-19)31(37)41-27(29(33)34)28(30(35)36)42-32(38)18(2)20-6-8-24-16-26(40-4)12-10-22(24)14-20/h5-18,27-28H,1-4H3,(H,33,34)(H,35,36). The molecular formula is C32H30O10. The van der Waals surface area contributed by atoms with Crippen LogP contribution in [0.4, 0.5) is 0 Å². The van der Waals surface area contributed by atoms with Gasteiger partial charge in [0, 0.05) is 0 Å². The van der Waals surface area contributed by atoms with Crippen LogP contribution in [0.1, 0.15) is 36.8 Å². The van der Waals surface area contributed by atoms with E-state index in [1.54, 1.807) is 62.8 Å². The lowest BCUT2D eigenvalue weighted by Gasteiger charge is -2.24. The molecule has 4 unspecified atom stereocenters. The fraction of sp³-hybridized carbons (Fsp3) is 0.250. The first kappa shape index (κ1) is 29.9. The molecule has 0 aliphatic heterocycles. The molecule has 0 saturated heterocycles. The van der Waals surface area contributed by atoms with Crippen molar-refractivity contribution < 1.29 is 48.3 Å². The predicted octanol–water partition coefficient (Wildman–Crippen LogP) is 4.91. The molecule has 10 heteroatoms. The average molecular weight is 575 g/mol. The first-order valence-electron chi connectivity index (χ1n) is 13.0. The highest BCUT2D eigenvalue weighted by atomic mass is 16.6. The first-order valence-corrected chi connectivity index (χ1v) is 13.0. The van der Waals surface area contributed by atoms with Crippen molar-refractivity contribution in [1.82, 2.24) is 0 Å². The van der Waals surface area contributed by atoms with Crippen LogP contribution < -0.4 is 9.47 Å². The molecule has 4 aromatic rings. The topological polar surface area (TPSA) is 146 Å². The van der Waals surface area contributed by atoms with E-state index in [0.717, 1.165) is 21.5 Å². The van der Waals surface area contributed by atoms with Crippen molar-refractivity contribution in [3.63, 3.8) is 0 Å². The van der Waals surface area contributed by atoms with Gasteiger partial charge < -0.3 is 29.2 Å². The lowest BCUT2D eigenvalue weighted by Crippen LogP contribution is -2.46. The summed E-state index contributed by atoms with van der Waals surface area (Å²) in [6, 6.07) is 21.2. The Morgan fingerprint density at radius 3 is 1.21 bits per heavy atom. The van der Waals surface area contributed by atoms with Crippen LogP contribution in [0, 0.1) is 0 Å². The fourth-order valence-corrected chi connectivity index (χ4v) is 4.49. The monoisotopic (exact) mass is 574 g/mol. The number of hydrogen-bond donors (Lipinski definition) is 2. The summed E-state index contributed by atoms with van der Waals surface area (Å²) in [5.41, 5.74) is 1.04. The zero-order valence-corrected chi connectivity index (χ0v) is 23.4. The number of aliphatic carboxylic acids is 2. The van der Waals surface area contributed by atoms with Crippen molar-refractivity contribution in [2.75, 3.05) is 14.2 Å². The molecule has 0 fully saturated rings. The quantitative estimate of drug-likeness (QED) is 0.237. The molecule has 0 bridgehead atoms. The van der Waals surface area contributed by atoms with Gasteiger partial charge in [-0.3, -0.25) is 9.59 Å². The van der Waals surface area contributed by atoms with Crippen LogP contribution in [0.25, 0.3) is 21.5 Å². The Balaban J connectivity index is 1.50. The molecule has 0 aromatic heterocycles. The molecule has 0 spiro atoms. The van der Waals surface area contributed by atoms with E-state index in [0.29, 0.717) is 22.6 Å². The minimum atomic E-state index is -2.28. The molecule has 0 heterocycles. The Morgan fingerprint density at radius 2 is 0.881 bits per heavy atom. The number of esters is 2. The van der Waals surface area contributed by atoms with Gasteiger partial charge >= 0.3 is 23.9 Å². The molecule has 4 rings (SSSR count). The van der Waals surface area contributed by atoms with Crippen LogP contribution in [-0.4, -0.2) is 60.5 Å². The predicted molar refractivity (Wildman–Crippen MR) is 153 cm³/mol. The van der Waals surface area contributed by atoms with E-state index in [2.05, 4.69) is 0 Å². The summed E-state index contributed by atoms with van der Waals surface area (Å²) in [5.74, 6) is -6.08. The SMILES string of the molecule is COc1ccc2cc(C(C)C(=O)OC(C(=O)O)C(OC(=O)C(C)c3ccc4cc(OC)ccc4c3)C(=O)O)ccc2c1. The summed E-state index contributed by atoms with van der Waals surface area (Å²) in [6.07, 6.45) is -4.55. The van der Waals surface area contributed by atoms with Gasteiger partial charge in [-0.05, 0) is 70.8 Å². The van der Waals surface area contributed by atoms with Gasteiger partial charge in [0.2, 0.25) is 12.2 Å². The van der Waals surface area contributed by atoms with Gasteiger partial charge in [0.1, 0.15) is 11.5 Å². The first-order chi connectivity index (χ1) is 20.0. The number of carbonyl (C=O) groups excluding carboxylic acids is 2. The maximum atomic E-state index is 13.0. The molecule has 218 valence electrons. The third kappa shape index (κ3) is 6.43. The van der Waals surface area contributed by atoms with Crippen molar-refractivity contribution in [3.05, 3.63) is 83.9 Å². The van der Waals surface area contributed by atoms with Gasteiger partial charge in [0.15, 0.2) is 0 Å². The van der Waals surface area contributed by atoms with Crippen LogP contribution >= 0.6 is 0 Å². The average Bonchev–Trinajstić information content (AvgIpc) is 3.00. The highest BCUT2D eigenvalue weighted by Gasteiger charge is 2.42. The maximum absolute atomic E-state index is 13.0. The molecule has 10 nitrogen and oxygen atoms in total. The fourth-order valence-electron chi connectivity index (χ4n) is 4.49. The minimum Gasteiger partial charge on any atom is -0.497 e. The van der Waals surface area contributed by atoms with Gasteiger partial charge in [0.25, 0.3) is 0 Å². The third-order valence-electron chi connectivity index (χ3n) is 7.10. The van der Waals surface area contributed by atoms with Gasteiger partial charge in [-0.15, -0.1) is 0 Å². The Bertz CT molecular complexity index is 1540. The minimum absolute atomic E-state index is 0.522. The Kier molecular flexibility index (Phi) is 8.95. The molecule has 0 aliphatic carbocycles. The summed E-state index contributed by atoms with van der Waals surface area (Å²) < 4.78 is 20.7. The van der Waals surface area contributed by atoms with Crippen LogP contribution in [0.5, 0.6) is 11.5 Å². The van der Waals surface area contributed by atoms with Crippen LogP contribution in [0.2, 0.25) is 0 Å². The second-order valence-corrected chi connectivity index (χ2v) is 9.78. The van der Waals surface area contributed by atoms with Crippen LogP contribution in [0.3, 0.4) is 0 Å². The number of carbonyl (C=O) groups is 4. The highest BCUT2D eigenvalue weighted by molar-refractivity contribution is 5.91. The zero-order valence-electron chi connectivity index (χ0n) is 23.4. The lowest BCUT2D eigenvalue weighted by atomic mass is 9.97. The van der Waals surface area contributed by atoms with Crippen molar-refractivity contribution in [2.24, 2.45) is 0 Å². The second kappa shape index (κ2) is 12.6. The van der Waals surface area contributed by atoms with Crippen molar-refractivity contribution in [1.29, 1.82) is 0 Å². The normalized spacial score (nSPS) is 13.9. The smallest absolute Gasteiger partial charge is 0.349 e. The number of methoxy groups -OCH3 is 2. The third-order valence-corrected chi connectivity index (χ3v) is 7.10. The summed E-state index contributed by atoms with van der Waals surface area (Å²) in [5, 5.41) is 22.9. The number of fused-ring (bicyclic) bond motifs is 2. The summed E-state index contributed by atoms with van der Waals surface area (Å²) in [6.45, 7) is 3.01. The summed E-state index contributed by atoms with van der Waals surface area (Å²) in [4.78, 5) is 50.1. The molecule has 0 saturated carbocycles. The number of benzene rings is 4. The maximum Gasteiger partial charge on any atom is 0.349 e. The Morgan fingerprint density at radius 1 is 0.548 bits per heavy atom. The van der Waals surface area contributed by atoms with Crippen LogP contribution in [0.15, 0.2) is 72.8 Å². The molecule has 42 heavy (non-hydrogen) atoms. The van der Waals surface area contributed by atoms with E-state index in [9.17, 15) is 29.4 Å². The zero-order chi connectivity index (χ0) is 30.6. The van der Waals surface area contributed by atoms with E-state index >= 15 is 0 Å². The van der Waals surface area contributed by atoms with Crippen molar-refractivity contribution in [3.8, 4) is 11.5 Å². The summed E-state index contributed by atoms with van der Waals surface area (Å²) >= 11 is 0. The molecule has 0 radical (unpaired) electrons. The highest BCUT2D eigenvalue weighted by Crippen LogP contribution is 2.28. The number of hydrogen-bond acceptors (Lipinski definition) is 8. The van der Waals surface area contributed by atoms with Gasteiger partial charge in [-0.25, -0.2) is 9.59 Å². The van der Waals surface area contributed by atoms with E-state index < -0.39 is 47.9 Å². The lowest BCUT2D eigenvalue weighted by molar-refractivity contribution is -0.188. The van der Waals surface area contributed by atoms with Crippen molar-refractivity contribution >= 4 is 45.4 Å². The Hall–Kier alpha value is -5.12. The van der Waals surface area contributed by atoms with Gasteiger partial charge in [-0.1, -0.05) is 48.5 Å². The number of rotatable bonds is 11. The number of ether oxygens (including phenoxy) is 4.